The molecule has 37 heavy (non-hydrogen) atoms. The van der Waals surface area contributed by atoms with E-state index >= 15 is 0 Å². The predicted molar refractivity (Wildman–Crippen MR) is 140 cm³/mol. The molecule has 0 aliphatic rings. The molecule has 0 saturated carbocycles. The van der Waals surface area contributed by atoms with E-state index < -0.39 is 0 Å². The number of benzene rings is 2. The number of fused-ring (bicyclic) bond motifs is 2. The number of nitrogens with zero attached hydrogens (tertiary/aromatic N) is 5. The molecular formula is C25H30N6O4Y2-2. The summed E-state index contributed by atoms with van der Waals surface area (Å²) < 4.78 is 10.3. The Bertz CT molecular complexity index is 1500. The molecule has 10 nitrogen and oxygen atoms in total. The maximum Gasteiger partial charge on any atom is 0.297 e. The molecule has 192 valence electrons. The van der Waals surface area contributed by atoms with Gasteiger partial charge in [0.2, 0.25) is 0 Å². The molecule has 0 spiro atoms. The minimum Gasteiger partial charge on any atom is -0.439 e. The van der Waals surface area contributed by atoms with Gasteiger partial charge in [-0.2, -0.15) is 24.3 Å². The third kappa shape index (κ3) is 7.16. The molecule has 0 bridgehead atoms. The Labute approximate surface area is 266 Å². The van der Waals surface area contributed by atoms with E-state index in [2.05, 4.69) is 27.4 Å². The van der Waals surface area contributed by atoms with E-state index in [1.54, 1.807) is 51.1 Å². The van der Waals surface area contributed by atoms with Crippen LogP contribution < -0.4 is 31.3 Å². The topological polar surface area (TPSA) is 108 Å². The van der Waals surface area contributed by atoms with Gasteiger partial charge in [0.05, 0.1) is 0 Å². The molecule has 0 fully saturated rings. The van der Waals surface area contributed by atoms with Crippen LogP contribution in [0.25, 0.3) is 21.8 Å². The molecule has 0 atom stereocenters. The van der Waals surface area contributed by atoms with Gasteiger partial charge in [-0.1, -0.05) is 25.2 Å². The fourth-order valence-electron chi connectivity index (χ4n) is 3.54. The molecule has 2 radical (unpaired) electrons. The Morgan fingerprint density at radius 2 is 1.16 bits per heavy atom. The van der Waals surface area contributed by atoms with Gasteiger partial charge in [-0.3, -0.25) is 9.59 Å². The minimum absolute atomic E-state index is 0. The average Bonchev–Trinajstić information content (AvgIpc) is 2.79. The van der Waals surface area contributed by atoms with Crippen LogP contribution in [0, 0.1) is 26.0 Å². The summed E-state index contributed by atoms with van der Waals surface area (Å²) in [6, 6.07) is 10.2. The Hall–Kier alpha value is -1.87. The van der Waals surface area contributed by atoms with Crippen molar-refractivity contribution in [2.75, 3.05) is 69.4 Å². The number of aryl methyl sites for hydroxylation is 2. The smallest absolute Gasteiger partial charge is 0.297 e. The van der Waals surface area contributed by atoms with E-state index in [0.29, 0.717) is 27.8 Å². The van der Waals surface area contributed by atoms with Crippen molar-refractivity contribution >= 4 is 45.2 Å². The SMILES string of the molecule is CNc1c[c-]c2nc(N(C)C)oc(=O)c2c1C.Cc1c(N(C)C)c[c-]c2nc(N(C)C)oc(=O)c12.[Y].[Y]. The Morgan fingerprint density at radius 1 is 0.730 bits per heavy atom. The monoisotopic (exact) mass is 656 g/mol. The van der Waals surface area contributed by atoms with Crippen molar-refractivity contribution in [1.82, 2.24) is 9.97 Å². The van der Waals surface area contributed by atoms with Crippen LogP contribution in [0.1, 0.15) is 11.1 Å². The second-order valence-electron chi connectivity index (χ2n) is 8.57. The first-order chi connectivity index (χ1) is 16.5. The van der Waals surface area contributed by atoms with Gasteiger partial charge in [-0.15, -0.1) is 11.1 Å². The third-order valence-electron chi connectivity index (χ3n) is 5.42. The Morgan fingerprint density at radius 3 is 1.57 bits per heavy atom. The summed E-state index contributed by atoms with van der Waals surface area (Å²) in [5.74, 6) is 0. The van der Waals surface area contributed by atoms with Crippen molar-refractivity contribution in [2.24, 2.45) is 0 Å². The Kier molecular flexibility index (Phi) is 12.4. The van der Waals surface area contributed by atoms with Crippen LogP contribution in [-0.4, -0.2) is 59.3 Å². The molecule has 2 heterocycles. The summed E-state index contributed by atoms with van der Waals surface area (Å²) in [6.07, 6.45) is 0. The largest absolute Gasteiger partial charge is 0.439 e. The van der Waals surface area contributed by atoms with E-state index in [4.69, 9.17) is 8.83 Å². The molecule has 1 N–H and O–H groups in total. The minimum atomic E-state index is -0.385. The van der Waals surface area contributed by atoms with Crippen molar-refractivity contribution in [3.8, 4) is 0 Å². The van der Waals surface area contributed by atoms with Gasteiger partial charge in [0.15, 0.2) is 0 Å². The molecule has 2 aromatic carbocycles. The maximum absolute atomic E-state index is 12.0. The number of aromatic nitrogens is 2. The molecule has 12 heteroatoms. The fraction of sp³-hybridized carbons (Fsp3) is 0.360. The van der Waals surface area contributed by atoms with Crippen molar-refractivity contribution in [3.63, 3.8) is 0 Å². The first kappa shape index (κ1) is 33.2. The third-order valence-corrected chi connectivity index (χ3v) is 5.42. The van der Waals surface area contributed by atoms with Crippen LogP contribution in [0.15, 0.2) is 30.6 Å². The number of rotatable bonds is 4. The molecule has 2 aromatic heterocycles. The van der Waals surface area contributed by atoms with Crippen molar-refractivity contribution in [1.29, 1.82) is 0 Å². The quantitative estimate of drug-likeness (QED) is 0.330. The van der Waals surface area contributed by atoms with E-state index in [0.717, 1.165) is 22.5 Å². The van der Waals surface area contributed by atoms with Gasteiger partial charge in [0.25, 0.3) is 23.3 Å². The summed E-state index contributed by atoms with van der Waals surface area (Å²) in [4.78, 5) is 37.7. The van der Waals surface area contributed by atoms with Gasteiger partial charge >= 0.3 is 0 Å². The van der Waals surface area contributed by atoms with Crippen molar-refractivity contribution in [3.05, 3.63) is 56.2 Å². The van der Waals surface area contributed by atoms with Crippen LogP contribution in [-0.2, 0) is 65.4 Å². The van der Waals surface area contributed by atoms with E-state index in [1.807, 2.05) is 38.9 Å². The van der Waals surface area contributed by atoms with E-state index in [1.165, 1.54) is 0 Å². The molecule has 0 saturated heterocycles. The summed E-state index contributed by atoms with van der Waals surface area (Å²) in [5, 5.41) is 3.97. The standard InChI is InChI=1S/C13H16N3O2.C12H14N3O2.2Y/c1-8-10(15(2)3)7-6-9-11(8)12(17)18-13(14-9)16(4)5;1-7-8(13-2)5-6-9-10(7)11(16)17-12(14-9)15(3)4;;/h7H,1-5H3;5,13H,1-4H3;;/q2*-1;;. The van der Waals surface area contributed by atoms with E-state index in [9.17, 15) is 9.59 Å². The number of hydrogen-bond acceptors (Lipinski definition) is 10. The Balaban J connectivity index is 0.000000351. The van der Waals surface area contributed by atoms with Crippen LogP contribution in [0.3, 0.4) is 0 Å². The van der Waals surface area contributed by atoms with E-state index in [-0.39, 0.29) is 82.7 Å². The van der Waals surface area contributed by atoms with Crippen molar-refractivity contribution in [2.45, 2.75) is 13.8 Å². The molecule has 0 aliphatic carbocycles. The fourth-order valence-corrected chi connectivity index (χ4v) is 3.54. The summed E-state index contributed by atoms with van der Waals surface area (Å²) >= 11 is 0. The summed E-state index contributed by atoms with van der Waals surface area (Å²) in [5.41, 5.74) is 3.79. The zero-order chi connectivity index (χ0) is 26.0. The number of anilines is 4. The van der Waals surface area contributed by atoms with Crippen LogP contribution >= 0.6 is 0 Å². The van der Waals surface area contributed by atoms with Crippen LogP contribution in [0.2, 0.25) is 0 Å². The first-order valence-corrected chi connectivity index (χ1v) is 10.9. The van der Waals surface area contributed by atoms with Gasteiger partial charge in [-0.05, 0) is 42.9 Å². The predicted octanol–water partition coefficient (Wildman–Crippen LogP) is 2.83. The van der Waals surface area contributed by atoms with Gasteiger partial charge in [0.1, 0.15) is 0 Å². The average molecular weight is 656 g/mol. The molecule has 4 rings (SSSR count). The normalized spacial score (nSPS) is 10.1. The molecule has 4 aromatic rings. The zero-order valence-corrected chi connectivity index (χ0v) is 28.4. The number of nitrogens with one attached hydrogen (secondary N) is 1. The molecule has 0 aliphatic heterocycles. The second kappa shape index (κ2) is 13.8. The second-order valence-corrected chi connectivity index (χ2v) is 8.57. The molecule has 0 amide bonds. The van der Waals surface area contributed by atoms with Crippen LogP contribution in [0.4, 0.5) is 23.4 Å². The molecule has 0 unspecified atom stereocenters. The van der Waals surface area contributed by atoms with Gasteiger partial charge < -0.3 is 28.9 Å². The number of hydrogen-bond donors (Lipinski definition) is 1. The van der Waals surface area contributed by atoms with Crippen molar-refractivity contribution < 1.29 is 74.3 Å². The first-order valence-electron chi connectivity index (χ1n) is 10.9. The summed E-state index contributed by atoms with van der Waals surface area (Å²) in [6.45, 7) is 3.75. The maximum atomic E-state index is 12.0. The molecular weight excluding hydrogens is 626 g/mol. The van der Waals surface area contributed by atoms with Gasteiger partial charge in [0, 0.05) is 93.6 Å². The van der Waals surface area contributed by atoms with Gasteiger partial charge in [-0.25, -0.2) is 9.97 Å². The van der Waals surface area contributed by atoms with Crippen LogP contribution in [0.5, 0.6) is 0 Å². The zero-order valence-electron chi connectivity index (χ0n) is 22.7. The summed E-state index contributed by atoms with van der Waals surface area (Å²) in [7, 11) is 12.7.